The molecule has 1 aliphatic heterocycles. The molecule has 2 heterocycles. The standard InChI is InChI=1S/C24H28N4O4/c1-24(2,3)32-22(29)27-13-14-28(23(30)31-16-17-9-5-4-6-10-17)20(15-27)21-25-18-11-7-8-12-19(18)26-21/h4-12,20H,13-16H2,1-3H3,(H,25,26). The second-order valence-electron chi connectivity index (χ2n) is 8.81. The van der Waals surface area contributed by atoms with Crippen molar-refractivity contribution in [3.05, 3.63) is 66.0 Å². The van der Waals surface area contributed by atoms with Crippen molar-refractivity contribution in [3.63, 3.8) is 0 Å². The molecule has 0 spiro atoms. The lowest BCUT2D eigenvalue weighted by molar-refractivity contribution is -0.0000947. The average molecular weight is 437 g/mol. The Morgan fingerprint density at radius 2 is 1.75 bits per heavy atom. The number of nitrogens with one attached hydrogen (secondary N) is 1. The van der Waals surface area contributed by atoms with Gasteiger partial charge in [0.15, 0.2) is 0 Å². The zero-order valence-corrected chi connectivity index (χ0v) is 18.6. The lowest BCUT2D eigenvalue weighted by Crippen LogP contribution is -2.53. The van der Waals surface area contributed by atoms with Gasteiger partial charge in [0.1, 0.15) is 24.1 Å². The molecule has 1 saturated heterocycles. The van der Waals surface area contributed by atoms with Crippen LogP contribution >= 0.6 is 0 Å². The number of aromatic nitrogens is 2. The van der Waals surface area contributed by atoms with E-state index in [1.54, 1.807) is 9.80 Å². The van der Waals surface area contributed by atoms with Gasteiger partial charge in [-0.05, 0) is 38.5 Å². The van der Waals surface area contributed by atoms with Crippen LogP contribution in [0.25, 0.3) is 11.0 Å². The molecule has 32 heavy (non-hydrogen) atoms. The summed E-state index contributed by atoms with van der Waals surface area (Å²) in [4.78, 5) is 36.9. The van der Waals surface area contributed by atoms with E-state index in [1.807, 2.05) is 75.4 Å². The minimum absolute atomic E-state index is 0.179. The first-order chi connectivity index (χ1) is 15.3. The van der Waals surface area contributed by atoms with Gasteiger partial charge in [0.25, 0.3) is 0 Å². The number of H-pyrrole nitrogens is 1. The van der Waals surface area contributed by atoms with Crippen molar-refractivity contribution in [3.8, 4) is 0 Å². The number of benzene rings is 2. The first kappa shape index (κ1) is 21.7. The summed E-state index contributed by atoms with van der Waals surface area (Å²) < 4.78 is 11.1. The Morgan fingerprint density at radius 1 is 1.03 bits per heavy atom. The highest BCUT2D eigenvalue weighted by Gasteiger charge is 2.37. The summed E-state index contributed by atoms with van der Waals surface area (Å²) in [5.41, 5.74) is 1.98. The molecule has 168 valence electrons. The highest BCUT2D eigenvalue weighted by Crippen LogP contribution is 2.27. The first-order valence-corrected chi connectivity index (χ1v) is 10.7. The predicted octanol–water partition coefficient (Wildman–Crippen LogP) is 4.49. The van der Waals surface area contributed by atoms with Crippen LogP contribution in [0.15, 0.2) is 54.6 Å². The summed E-state index contributed by atoms with van der Waals surface area (Å²) in [5.74, 6) is 0.608. The van der Waals surface area contributed by atoms with E-state index in [0.29, 0.717) is 18.9 Å². The van der Waals surface area contributed by atoms with Crippen molar-refractivity contribution < 1.29 is 19.1 Å². The van der Waals surface area contributed by atoms with Gasteiger partial charge in [-0.3, -0.25) is 4.90 Å². The first-order valence-electron chi connectivity index (χ1n) is 10.7. The van der Waals surface area contributed by atoms with Crippen molar-refractivity contribution in [1.82, 2.24) is 19.8 Å². The maximum atomic E-state index is 13.0. The largest absolute Gasteiger partial charge is 0.445 e. The zero-order chi connectivity index (χ0) is 22.7. The van der Waals surface area contributed by atoms with Crippen molar-refractivity contribution >= 4 is 23.2 Å². The van der Waals surface area contributed by atoms with Gasteiger partial charge >= 0.3 is 12.2 Å². The Balaban J connectivity index is 1.55. The number of carbonyl (C=O) groups is 2. The second kappa shape index (κ2) is 8.90. The molecular formula is C24H28N4O4. The Morgan fingerprint density at radius 3 is 2.47 bits per heavy atom. The molecule has 8 nitrogen and oxygen atoms in total. The smallest absolute Gasteiger partial charge is 0.410 e. The molecule has 0 bridgehead atoms. The number of imidazole rings is 1. The summed E-state index contributed by atoms with van der Waals surface area (Å²) >= 11 is 0. The van der Waals surface area contributed by atoms with Crippen molar-refractivity contribution in [2.45, 2.75) is 39.0 Å². The van der Waals surface area contributed by atoms with Crippen LogP contribution in [0, 0.1) is 0 Å². The van der Waals surface area contributed by atoms with E-state index in [4.69, 9.17) is 9.47 Å². The molecule has 1 aromatic heterocycles. The molecule has 4 rings (SSSR count). The van der Waals surface area contributed by atoms with Crippen LogP contribution < -0.4 is 0 Å². The Labute approximate surface area is 187 Å². The number of carbonyl (C=O) groups excluding carboxylic acids is 2. The number of rotatable bonds is 3. The SMILES string of the molecule is CC(C)(C)OC(=O)N1CCN(C(=O)OCc2ccccc2)C(c2nc3ccccc3[nH]2)C1. The molecule has 0 aliphatic carbocycles. The van der Waals surface area contributed by atoms with Crippen molar-refractivity contribution in [2.24, 2.45) is 0 Å². The minimum atomic E-state index is -0.600. The maximum absolute atomic E-state index is 13.0. The number of fused-ring (bicyclic) bond motifs is 1. The Kier molecular flexibility index (Phi) is 6.03. The van der Waals surface area contributed by atoms with E-state index in [-0.39, 0.29) is 13.2 Å². The fraction of sp³-hybridized carbons (Fsp3) is 0.375. The third-order valence-corrected chi connectivity index (χ3v) is 5.20. The second-order valence-corrected chi connectivity index (χ2v) is 8.81. The van der Waals surface area contributed by atoms with Crippen LogP contribution in [0.5, 0.6) is 0 Å². The molecule has 2 aromatic carbocycles. The Bertz CT molecular complexity index is 1060. The van der Waals surface area contributed by atoms with E-state index < -0.39 is 23.8 Å². The predicted molar refractivity (Wildman–Crippen MR) is 120 cm³/mol. The third kappa shape index (κ3) is 5.01. The summed E-state index contributed by atoms with van der Waals surface area (Å²) in [6, 6.07) is 16.7. The molecule has 8 heteroatoms. The van der Waals surface area contributed by atoms with E-state index in [2.05, 4.69) is 9.97 Å². The van der Waals surface area contributed by atoms with Crippen LogP contribution in [0.3, 0.4) is 0 Å². The number of para-hydroxylation sites is 2. The van der Waals surface area contributed by atoms with Gasteiger partial charge in [0.2, 0.25) is 0 Å². The number of ether oxygens (including phenoxy) is 2. The van der Waals surface area contributed by atoms with Crippen LogP contribution in [0.2, 0.25) is 0 Å². The number of hydrogen-bond acceptors (Lipinski definition) is 5. The zero-order valence-electron chi connectivity index (χ0n) is 18.6. The molecule has 1 atom stereocenters. The van der Waals surface area contributed by atoms with Crippen molar-refractivity contribution in [2.75, 3.05) is 19.6 Å². The highest BCUT2D eigenvalue weighted by atomic mass is 16.6. The highest BCUT2D eigenvalue weighted by molar-refractivity contribution is 5.75. The van der Waals surface area contributed by atoms with Gasteiger partial charge < -0.3 is 19.4 Å². The van der Waals surface area contributed by atoms with Gasteiger partial charge in [-0.2, -0.15) is 0 Å². The van der Waals surface area contributed by atoms with Crippen LogP contribution in [0.1, 0.15) is 38.2 Å². The lowest BCUT2D eigenvalue weighted by Gasteiger charge is -2.40. The lowest BCUT2D eigenvalue weighted by atomic mass is 10.1. The summed E-state index contributed by atoms with van der Waals surface area (Å²) in [6.07, 6.45) is -0.848. The van der Waals surface area contributed by atoms with Gasteiger partial charge in [-0.1, -0.05) is 42.5 Å². The molecule has 1 N–H and O–H groups in total. The van der Waals surface area contributed by atoms with Crippen LogP contribution in [0.4, 0.5) is 9.59 Å². The van der Waals surface area contributed by atoms with Gasteiger partial charge in [-0.25, -0.2) is 14.6 Å². The van der Waals surface area contributed by atoms with E-state index in [1.165, 1.54) is 0 Å². The number of nitrogens with zero attached hydrogens (tertiary/aromatic N) is 3. The molecule has 1 unspecified atom stereocenters. The molecule has 1 fully saturated rings. The number of amides is 2. The van der Waals surface area contributed by atoms with E-state index in [0.717, 1.165) is 16.6 Å². The molecule has 3 aromatic rings. The quantitative estimate of drug-likeness (QED) is 0.653. The maximum Gasteiger partial charge on any atom is 0.410 e. The van der Waals surface area contributed by atoms with Gasteiger partial charge in [0.05, 0.1) is 17.6 Å². The summed E-state index contributed by atoms with van der Waals surface area (Å²) in [7, 11) is 0. The van der Waals surface area contributed by atoms with Gasteiger partial charge in [0, 0.05) is 13.1 Å². The van der Waals surface area contributed by atoms with E-state index >= 15 is 0 Å². The molecular weight excluding hydrogens is 408 g/mol. The summed E-state index contributed by atoms with van der Waals surface area (Å²) in [5, 5.41) is 0. The topological polar surface area (TPSA) is 87.8 Å². The van der Waals surface area contributed by atoms with E-state index in [9.17, 15) is 9.59 Å². The summed E-state index contributed by atoms with van der Waals surface area (Å²) in [6.45, 7) is 6.60. The monoisotopic (exact) mass is 436 g/mol. The Hall–Kier alpha value is -3.55. The molecule has 2 amide bonds. The third-order valence-electron chi connectivity index (χ3n) is 5.20. The van der Waals surface area contributed by atoms with Gasteiger partial charge in [-0.15, -0.1) is 0 Å². The van der Waals surface area contributed by atoms with Crippen molar-refractivity contribution in [1.29, 1.82) is 0 Å². The molecule has 1 aliphatic rings. The molecule has 0 radical (unpaired) electrons. The number of piperazine rings is 1. The minimum Gasteiger partial charge on any atom is -0.445 e. The normalized spacial score (nSPS) is 16.8. The fourth-order valence-corrected chi connectivity index (χ4v) is 3.66. The fourth-order valence-electron chi connectivity index (χ4n) is 3.66. The number of aromatic amines is 1. The number of hydrogen-bond donors (Lipinski definition) is 1. The average Bonchev–Trinajstić information content (AvgIpc) is 3.21. The van der Waals surface area contributed by atoms with Crippen LogP contribution in [-0.4, -0.2) is 57.2 Å². The molecule has 0 saturated carbocycles. The van der Waals surface area contributed by atoms with Crippen LogP contribution in [-0.2, 0) is 16.1 Å².